The summed E-state index contributed by atoms with van der Waals surface area (Å²) in [5, 5.41) is 0. The minimum absolute atomic E-state index is 0.154. The average Bonchev–Trinajstić information content (AvgIpc) is 2.57. The number of hydrogen-bond acceptors (Lipinski definition) is 3. The molecular weight excluding hydrogens is 374 g/mol. The van der Waals surface area contributed by atoms with Crippen molar-refractivity contribution >= 4 is 33.6 Å². The molecule has 0 aromatic heterocycles. The van der Waals surface area contributed by atoms with E-state index in [0.29, 0.717) is 13.0 Å². The Kier molecular flexibility index (Phi) is 6.99. The second kappa shape index (κ2) is 8.99. The van der Waals surface area contributed by atoms with Gasteiger partial charge < -0.3 is 9.64 Å². The van der Waals surface area contributed by atoms with E-state index < -0.39 is 0 Å². The molecule has 0 atom stereocenters. The molecule has 0 N–H and O–H groups in total. The summed E-state index contributed by atoms with van der Waals surface area (Å²) in [5.41, 5.74) is 1.12. The molecule has 2 rings (SSSR count). The smallest absolute Gasteiger partial charge is 0.223 e. The van der Waals surface area contributed by atoms with Crippen LogP contribution in [0.15, 0.2) is 57.9 Å². The van der Waals surface area contributed by atoms with Crippen LogP contribution in [0.5, 0.6) is 5.75 Å². The third kappa shape index (κ3) is 5.59. The minimum atomic E-state index is 0.154. The van der Waals surface area contributed by atoms with Gasteiger partial charge in [-0.15, -0.1) is 11.8 Å². The highest BCUT2D eigenvalue weighted by molar-refractivity contribution is 9.10. The van der Waals surface area contributed by atoms with Crippen molar-refractivity contribution in [2.24, 2.45) is 0 Å². The molecule has 5 heteroatoms. The van der Waals surface area contributed by atoms with E-state index in [0.717, 1.165) is 26.4 Å². The van der Waals surface area contributed by atoms with E-state index in [2.05, 4.69) is 15.9 Å². The van der Waals surface area contributed by atoms with Gasteiger partial charge >= 0.3 is 0 Å². The summed E-state index contributed by atoms with van der Waals surface area (Å²) in [6, 6.07) is 15.9. The molecule has 23 heavy (non-hydrogen) atoms. The summed E-state index contributed by atoms with van der Waals surface area (Å²) in [6.07, 6.45) is 0.525. The van der Waals surface area contributed by atoms with E-state index >= 15 is 0 Å². The Bertz CT molecular complexity index is 646. The molecule has 0 radical (unpaired) electrons. The molecule has 0 fully saturated rings. The molecule has 0 spiro atoms. The largest absolute Gasteiger partial charge is 0.497 e. The third-order valence-electron chi connectivity index (χ3n) is 3.44. The fourth-order valence-electron chi connectivity index (χ4n) is 2.09. The van der Waals surface area contributed by atoms with Crippen LogP contribution >= 0.6 is 27.7 Å². The van der Waals surface area contributed by atoms with Crippen LogP contribution in [0.4, 0.5) is 0 Å². The van der Waals surface area contributed by atoms with E-state index in [9.17, 15) is 4.79 Å². The Labute approximate surface area is 150 Å². The number of thioether (sulfide) groups is 1. The SMILES string of the molecule is COc1ccc(SCCC(=O)N(C)Cc2ccccc2Br)cc1. The van der Waals surface area contributed by atoms with Crippen LogP contribution in [0.25, 0.3) is 0 Å². The van der Waals surface area contributed by atoms with E-state index in [1.54, 1.807) is 23.8 Å². The lowest BCUT2D eigenvalue weighted by atomic mass is 10.2. The highest BCUT2D eigenvalue weighted by atomic mass is 79.9. The van der Waals surface area contributed by atoms with Crippen molar-refractivity contribution in [2.75, 3.05) is 19.9 Å². The number of halogens is 1. The average molecular weight is 394 g/mol. The molecule has 0 bridgehead atoms. The lowest BCUT2D eigenvalue weighted by molar-refractivity contribution is -0.129. The predicted octanol–water partition coefficient (Wildman–Crippen LogP) is 4.60. The Morgan fingerprint density at radius 3 is 2.52 bits per heavy atom. The first-order valence-corrected chi connectivity index (χ1v) is 9.12. The van der Waals surface area contributed by atoms with Gasteiger partial charge in [0, 0.05) is 35.1 Å². The fourth-order valence-corrected chi connectivity index (χ4v) is 3.34. The first kappa shape index (κ1) is 17.9. The van der Waals surface area contributed by atoms with Crippen molar-refractivity contribution in [1.82, 2.24) is 4.90 Å². The maximum atomic E-state index is 12.2. The van der Waals surface area contributed by atoms with Gasteiger partial charge in [0.1, 0.15) is 5.75 Å². The molecule has 0 aliphatic carbocycles. The monoisotopic (exact) mass is 393 g/mol. The standard InChI is InChI=1S/C18H20BrNO2S/c1-20(13-14-5-3-4-6-17(14)19)18(21)11-12-23-16-9-7-15(22-2)8-10-16/h3-10H,11-13H2,1-2H3. The van der Waals surface area contributed by atoms with Crippen molar-refractivity contribution in [2.45, 2.75) is 17.9 Å². The van der Waals surface area contributed by atoms with Crippen molar-refractivity contribution in [1.29, 1.82) is 0 Å². The molecule has 0 aliphatic rings. The first-order chi connectivity index (χ1) is 11.1. The maximum absolute atomic E-state index is 12.2. The summed E-state index contributed by atoms with van der Waals surface area (Å²) >= 11 is 5.20. The van der Waals surface area contributed by atoms with Gasteiger partial charge in [0.25, 0.3) is 0 Å². The summed E-state index contributed by atoms with van der Waals surface area (Å²) in [4.78, 5) is 15.1. The molecule has 3 nitrogen and oxygen atoms in total. The normalized spacial score (nSPS) is 10.4. The van der Waals surface area contributed by atoms with Crippen LogP contribution in [0.3, 0.4) is 0 Å². The minimum Gasteiger partial charge on any atom is -0.497 e. The summed E-state index contributed by atoms with van der Waals surface area (Å²) in [7, 11) is 3.50. The van der Waals surface area contributed by atoms with Crippen molar-refractivity contribution in [3.05, 3.63) is 58.6 Å². The molecule has 0 saturated carbocycles. The number of ether oxygens (including phenoxy) is 1. The first-order valence-electron chi connectivity index (χ1n) is 7.34. The van der Waals surface area contributed by atoms with Gasteiger partial charge in [0.2, 0.25) is 5.91 Å². The highest BCUT2D eigenvalue weighted by Gasteiger charge is 2.10. The zero-order valence-electron chi connectivity index (χ0n) is 13.3. The lowest BCUT2D eigenvalue weighted by Crippen LogP contribution is -2.26. The maximum Gasteiger partial charge on any atom is 0.223 e. The molecule has 2 aromatic carbocycles. The zero-order chi connectivity index (χ0) is 16.7. The van der Waals surface area contributed by atoms with E-state index in [1.165, 1.54) is 0 Å². The van der Waals surface area contributed by atoms with Gasteiger partial charge in [0.05, 0.1) is 7.11 Å². The number of hydrogen-bond donors (Lipinski definition) is 0. The van der Waals surface area contributed by atoms with E-state index in [4.69, 9.17) is 4.74 Å². The van der Waals surface area contributed by atoms with Gasteiger partial charge in [-0.1, -0.05) is 34.1 Å². The van der Waals surface area contributed by atoms with Crippen LogP contribution < -0.4 is 4.74 Å². The highest BCUT2D eigenvalue weighted by Crippen LogP contribution is 2.22. The number of nitrogens with zero attached hydrogens (tertiary/aromatic N) is 1. The van der Waals surface area contributed by atoms with Crippen LogP contribution in [-0.2, 0) is 11.3 Å². The van der Waals surface area contributed by atoms with Crippen LogP contribution in [0, 0.1) is 0 Å². The molecule has 122 valence electrons. The summed E-state index contributed by atoms with van der Waals surface area (Å²) in [6.45, 7) is 0.619. The van der Waals surface area contributed by atoms with Crippen molar-refractivity contribution in [3.8, 4) is 5.75 Å². The fraction of sp³-hybridized carbons (Fsp3) is 0.278. The number of methoxy groups -OCH3 is 1. The van der Waals surface area contributed by atoms with Gasteiger partial charge in [-0.05, 0) is 35.9 Å². The Morgan fingerprint density at radius 1 is 1.17 bits per heavy atom. The molecule has 0 saturated heterocycles. The Balaban J connectivity index is 1.78. The molecule has 0 heterocycles. The van der Waals surface area contributed by atoms with Crippen LogP contribution in [-0.4, -0.2) is 30.7 Å². The van der Waals surface area contributed by atoms with Crippen molar-refractivity contribution < 1.29 is 9.53 Å². The number of rotatable bonds is 7. The quantitative estimate of drug-likeness (QED) is 0.643. The van der Waals surface area contributed by atoms with Gasteiger partial charge in [-0.25, -0.2) is 0 Å². The van der Waals surface area contributed by atoms with Crippen LogP contribution in [0.2, 0.25) is 0 Å². The lowest BCUT2D eigenvalue weighted by Gasteiger charge is -2.18. The molecular formula is C18H20BrNO2S. The predicted molar refractivity (Wildman–Crippen MR) is 99.0 cm³/mol. The second-order valence-corrected chi connectivity index (χ2v) is 7.14. The Morgan fingerprint density at radius 2 is 1.87 bits per heavy atom. The number of carbonyl (C=O) groups is 1. The van der Waals surface area contributed by atoms with Gasteiger partial charge in [0.15, 0.2) is 0 Å². The number of carbonyl (C=O) groups excluding carboxylic acids is 1. The number of benzene rings is 2. The summed E-state index contributed by atoms with van der Waals surface area (Å²) < 4.78 is 6.17. The molecule has 2 aromatic rings. The molecule has 0 unspecified atom stereocenters. The number of amides is 1. The molecule has 0 aliphatic heterocycles. The zero-order valence-corrected chi connectivity index (χ0v) is 15.7. The van der Waals surface area contributed by atoms with Gasteiger partial charge in [-0.3, -0.25) is 4.79 Å². The van der Waals surface area contributed by atoms with E-state index in [-0.39, 0.29) is 5.91 Å². The van der Waals surface area contributed by atoms with Crippen molar-refractivity contribution in [3.63, 3.8) is 0 Å². The summed E-state index contributed by atoms with van der Waals surface area (Å²) in [5.74, 6) is 1.77. The second-order valence-electron chi connectivity index (χ2n) is 5.12. The topological polar surface area (TPSA) is 29.5 Å². The van der Waals surface area contributed by atoms with Crippen LogP contribution in [0.1, 0.15) is 12.0 Å². The van der Waals surface area contributed by atoms with E-state index in [1.807, 2.05) is 55.6 Å². The Hall–Kier alpha value is -1.46. The molecule has 1 amide bonds. The van der Waals surface area contributed by atoms with Gasteiger partial charge in [-0.2, -0.15) is 0 Å². The third-order valence-corrected chi connectivity index (χ3v) is 5.22.